The standard InChI is InChI=1S/C62H90FN5O12/c1-10-43-30-41(8)62(66-56(43)74)40(7)29-39(6)54(80-62)34-52(73)37(4)19-13-11-14-20-38(5)53-25-16-12-15-21-46(70)22-17-24-51(72)48(27-26-42(9)69)57(75)64-55(36(2)3)58(76)65-61(35-49(61)44-31-45(63)33-47(71)32-44)60(78)68-28-18-23-50(67-68)59(77)79-53/h11-12,14-16,20-21,29,31-33,36-37,39,41,43,46,48-55,67,70-73H,10,13,17-19,22-28,30,34-35H2,1-9H3,(H,64,75)(H,65,76)(H,66,74)/b14-11+,16-12+,21-15+,38-20+/t37-,39+,41-,43-,46-,48+,49-,50?,51+,52-,53-,54-,55-,61?,62-/m0/s1. The van der Waals surface area contributed by atoms with Gasteiger partial charge < -0.3 is 50.6 Å². The highest BCUT2D eigenvalue weighted by atomic mass is 19.1. The normalized spacial score (nSPS) is 34.2. The van der Waals surface area contributed by atoms with Crippen molar-refractivity contribution >= 4 is 35.4 Å². The van der Waals surface area contributed by atoms with Gasteiger partial charge >= 0.3 is 5.97 Å². The van der Waals surface area contributed by atoms with Crippen LogP contribution in [0.2, 0.25) is 0 Å². The Morgan fingerprint density at radius 3 is 2.42 bits per heavy atom. The predicted molar refractivity (Wildman–Crippen MR) is 301 cm³/mol. The number of aliphatic hydroxyl groups is 3. The largest absolute Gasteiger partial charge is 0.508 e. The van der Waals surface area contributed by atoms with Crippen molar-refractivity contribution in [3.8, 4) is 5.75 Å². The van der Waals surface area contributed by atoms with Crippen molar-refractivity contribution in [2.24, 2.45) is 35.5 Å². The number of hydrogen-bond acceptors (Lipinski definition) is 13. The molecule has 8 N–H and O–H groups in total. The van der Waals surface area contributed by atoms with E-state index in [0.29, 0.717) is 38.5 Å². The number of nitrogens with zero attached hydrogens (tertiary/aromatic N) is 1. The zero-order valence-electron chi connectivity index (χ0n) is 48.4. The van der Waals surface area contributed by atoms with Crippen LogP contribution in [0, 0.1) is 41.3 Å². The Morgan fingerprint density at radius 2 is 1.73 bits per heavy atom. The number of cyclic esters (lactones) is 1. The molecule has 0 aromatic heterocycles. The van der Waals surface area contributed by atoms with Crippen molar-refractivity contribution in [3.05, 3.63) is 89.3 Å². The number of ketones is 1. The number of hydrazine groups is 1. The summed E-state index contributed by atoms with van der Waals surface area (Å²) in [5.74, 6) is -6.32. The maximum atomic E-state index is 14.9. The minimum absolute atomic E-state index is 0.000926. The van der Waals surface area contributed by atoms with Crippen molar-refractivity contribution in [3.63, 3.8) is 0 Å². The van der Waals surface area contributed by atoms with Crippen LogP contribution in [0.1, 0.15) is 164 Å². The number of ether oxygens (including phenoxy) is 2. The smallest absolute Gasteiger partial charge is 0.325 e. The van der Waals surface area contributed by atoms with E-state index >= 15 is 0 Å². The van der Waals surface area contributed by atoms with Crippen LogP contribution in [-0.2, 0) is 38.2 Å². The number of aliphatic hydroxyl groups excluding tert-OH is 3. The van der Waals surface area contributed by atoms with Gasteiger partial charge in [0.25, 0.3) is 5.91 Å². The average molecular weight is 1120 g/mol. The molecule has 80 heavy (non-hydrogen) atoms. The lowest BCUT2D eigenvalue weighted by Gasteiger charge is -2.51. The molecule has 17 nitrogen and oxygen atoms in total. The Kier molecular flexibility index (Phi) is 22.6. The number of phenolic OH excluding ortho intramolecular Hbond substituents is 1. The summed E-state index contributed by atoms with van der Waals surface area (Å²) in [5.41, 5.74) is 2.46. The van der Waals surface area contributed by atoms with Gasteiger partial charge in [0.05, 0.1) is 30.3 Å². The second kappa shape index (κ2) is 28.4. The molecule has 4 aliphatic heterocycles. The summed E-state index contributed by atoms with van der Waals surface area (Å²) in [5, 5.41) is 54.2. The third-order valence-electron chi connectivity index (χ3n) is 17.2. The number of esters is 1. The zero-order valence-corrected chi connectivity index (χ0v) is 48.4. The van der Waals surface area contributed by atoms with Crippen molar-refractivity contribution in [2.75, 3.05) is 6.54 Å². The van der Waals surface area contributed by atoms with E-state index in [1.807, 2.05) is 52.0 Å². The highest BCUT2D eigenvalue weighted by Crippen LogP contribution is 2.53. The number of amides is 4. The number of phenols is 1. The highest BCUT2D eigenvalue weighted by molar-refractivity contribution is 5.98. The Hall–Kier alpha value is -5.53. The Labute approximate surface area is 472 Å². The molecule has 2 spiro atoms. The molecule has 6 rings (SSSR count). The minimum atomic E-state index is -1.69. The van der Waals surface area contributed by atoms with Gasteiger partial charge in [-0.3, -0.25) is 29.0 Å². The van der Waals surface area contributed by atoms with Gasteiger partial charge in [-0.15, -0.1) is 0 Å². The van der Waals surface area contributed by atoms with Crippen molar-refractivity contribution < 1.29 is 63.1 Å². The summed E-state index contributed by atoms with van der Waals surface area (Å²) >= 11 is 0. The van der Waals surface area contributed by atoms with Crippen LogP contribution in [0.3, 0.4) is 0 Å². The van der Waals surface area contributed by atoms with Crippen molar-refractivity contribution in [2.45, 2.75) is 212 Å². The molecule has 2 bridgehead atoms. The van der Waals surface area contributed by atoms with E-state index in [0.717, 1.165) is 30.1 Å². The number of halogens is 1. The van der Waals surface area contributed by atoms with Crippen LogP contribution < -0.4 is 21.4 Å². The van der Waals surface area contributed by atoms with Crippen LogP contribution in [0.4, 0.5) is 4.39 Å². The number of aromatic hydroxyl groups is 1. The molecule has 5 aliphatic rings. The van der Waals surface area contributed by atoms with Crippen LogP contribution in [0.15, 0.2) is 78.0 Å². The quantitative estimate of drug-likeness (QED) is 0.0516. The fraction of sp³-hybridized carbons (Fsp3) is 0.645. The number of carbonyl (C=O) groups excluding carboxylic acids is 6. The third kappa shape index (κ3) is 16.1. The first-order valence-electron chi connectivity index (χ1n) is 29.2. The minimum Gasteiger partial charge on any atom is -0.508 e. The number of carbonyl (C=O) groups is 6. The molecule has 15 atom stereocenters. The maximum Gasteiger partial charge on any atom is 0.325 e. The number of hydrogen-bond donors (Lipinski definition) is 8. The van der Waals surface area contributed by atoms with Gasteiger partial charge in [-0.05, 0) is 132 Å². The van der Waals surface area contributed by atoms with Crippen molar-refractivity contribution in [1.29, 1.82) is 0 Å². The lowest BCUT2D eigenvalue weighted by Crippen LogP contribution is -2.64. The lowest BCUT2D eigenvalue weighted by molar-refractivity contribution is -0.179. The Morgan fingerprint density at radius 1 is 0.975 bits per heavy atom. The molecular formula is C62H90FN5O12. The van der Waals surface area contributed by atoms with E-state index in [9.17, 15) is 53.6 Å². The first-order chi connectivity index (χ1) is 37.9. The molecule has 4 amide bonds. The zero-order chi connectivity index (χ0) is 58.6. The summed E-state index contributed by atoms with van der Waals surface area (Å²) in [6.45, 7) is 17.0. The molecule has 442 valence electrons. The molecule has 3 fully saturated rings. The molecule has 1 saturated carbocycles. The molecule has 1 aromatic rings. The number of Topliss-reactive ketones (excluding diaryl/α,β-unsaturated/α-hetero) is 1. The average Bonchev–Trinajstić information content (AvgIpc) is 4.25. The van der Waals surface area contributed by atoms with Gasteiger partial charge in [-0.1, -0.05) is 90.2 Å². The summed E-state index contributed by atoms with van der Waals surface area (Å²) in [6.07, 6.45) is 15.9. The molecule has 18 heteroatoms. The summed E-state index contributed by atoms with van der Waals surface area (Å²) < 4.78 is 27.8. The van der Waals surface area contributed by atoms with Crippen molar-refractivity contribution in [1.82, 2.24) is 26.4 Å². The molecule has 2 saturated heterocycles. The van der Waals surface area contributed by atoms with Crippen LogP contribution in [-0.4, -0.2) is 121 Å². The number of piperidine rings is 1. The van der Waals surface area contributed by atoms with E-state index in [2.05, 4.69) is 41.3 Å². The Bertz CT molecular complexity index is 2510. The fourth-order valence-electron chi connectivity index (χ4n) is 11.9. The second-order valence-electron chi connectivity index (χ2n) is 23.9. The predicted octanol–water partition coefficient (Wildman–Crippen LogP) is 7.34. The molecular weight excluding hydrogens is 1030 g/mol. The van der Waals surface area contributed by atoms with Crippen LogP contribution in [0.25, 0.3) is 0 Å². The van der Waals surface area contributed by atoms with Gasteiger partial charge in [0.15, 0.2) is 5.72 Å². The van der Waals surface area contributed by atoms with Gasteiger partial charge in [0, 0.05) is 55.5 Å². The fourth-order valence-corrected chi connectivity index (χ4v) is 11.9. The first kappa shape index (κ1) is 63.6. The maximum absolute atomic E-state index is 14.9. The first-order valence-corrected chi connectivity index (χ1v) is 29.2. The van der Waals surface area contributed by atoms with Gasteiger partial charge in [-0.25, -0.2) is 9.82 Å². The van der Waals surface area contributed by atoms with Gasteiger partial charge in [0.1, 0.15) is 41.1 Å². The molecule has 4 heterocycles. The third-order valence-corrected chi connectivity index (χ3v) is 17.2. The highest BCUT2D eigenvalue weighted by Gasteiger charge is 2.64. The molecule has 0 radical (unpaired) electrons. The lowest BCUT2D eigenvalue weighted by atomic mass is 9.75. The SMILES string of the molecule is CC[C@H]1C[C@H](C)[C@@]2(NC1=O)O[C@@H](C[C@H](O)[C@@H](C)CC/C=C/C=C(\C)[C@@H]1C/C=C/C=C/[C@H](O)CCC[C@@H](O)[C@@H](CCC(C)=O)C(=O)N[C@@H](C(C)C)C(=O)NC3(C[C@H]3c3cc(O)cc(F)c3)C(=O)N3CCCC(N3)C(=O)O1)[C@H](C)C=C2C. The van der Waals surface area contributed by atoms with E-state index in [4.69, 9.17) is 9.47 Å². The Balaban J connectivity index is 1.19. The molecule has 2 unspecified atom stereocenters. The van der Waals surface area contributed by atoms with Gasteiger partial charge in [-0.2, -0.15) is 0 Å². The number of benzene rings is 1. The van der Waals surface area contributed by atoms with E-state index in [1.165, 1.54) is 24.1 Å². The number of rotatable bonds is 14. The summed E-state index contributed by atoms with van der Waals surface area (Å²) in [4.78, 5) is 82.7. The number of fused-ring (bicyclic) bond motifs is 2. The van der Waals surface area contributed by atoms with E-state index < -0.39 is 95.0 Å². The summed E-state index contributed by atoms with van der Waals surface area (Å²) in [6, 6.07) is 1.23. The molecule has 1 aromatic carbocycles. The number of nitrogens with one attached hydrogen (secondary N) is 4. The second-order valence-corrected chi connectivity index (χ2v) is 23.9. The monoisotopic (exact) mass is 1120 g/mol. The molecule has 1 aliphatic carbocycles. The van der Waals surface area contributed by atoms with Crippen LogP contribution >= 0.6 is 0 Å². The van der Waals surface area contributed by atoms with Gasteiger partial charge in [0.2, 0.25) is 17.7 Å². The number of allylic oxidation sites excluding steroid dienone is 5. The topological polar surface area (TPSA) is 253 Å². The van der Waals surface area contributed by atoms with Crippen LogP contribution in [0.5, 0.6) is 5.75 Å². The summed E-state index contributed by atoms with van der Waals surface area (Å²) in [7, 11) is 0. The van der Waals surface area contributed by atoms with E-state index in [-0.39, 0.29) is 97.8 Å². The van der Waals surface area contributed by atoms with E-state index in [1.54, 1.807) is 32.1 Å².